The van der Waals surface area contributed by atoms with Crippen LogP contribution in [0, 0.1) is 6.92 Å². The van der Waals surface area contributed by atoms with E-state index in [0.29, 0.717) is 11.5 Å². The van der Waals surface area contributed by atoms with Gasteiger partial charge >= 0.3 is 5.97 Å². The fourth-order valence-electron chi connectivity index (χ4n) is 1.15. The van der Waals surface area contributed by atoms with Crippen LogP contribution in [-0.4, -0.2) is 16.2 Å². The molecular weight excluding hydrogens is 186 g/mol. The molecule has 72 valence electrons. The van der Waals surface area contributed by atoms with Crippen molar-refractivity contribution in [2.24, 2.45) is 0 Å². The second-order valence-electron chi connectivity index (χ2n) is 2.77. The minimum atomic E-state index is -1.13. The van der Waals surface area contributed by atoms with Crippen molar-refractivity contribution in [2.75, 3.05) is 0 Å². The van der Waals surface area contributed by atoms with Crippen molar-refractivity contribution in [2.45, 2.75) is 6.92 Å². The van der Waals surface area contributed by atoms with Gasteiger partial charge in [-0.2, -0.15) is 0 Å². The summed E-state index contributed by atoms with van der Waals surface area (Å²) < 4.78 is 9.67. The molecule has 0 unspecified atom stereocenters. The Morgan fingerprint density at radius 1 is 1.57 bits per heavy atom. The van der Waals surface area contributed by atoms with Crippen molar-refractivity contribution < 1.29 is 18.8 Å². The number of aromatic carboxylic acids is 1. The zero-order chi connectivity index (χ0) is 10.1. The van der Waals surface area contributed by atoms with Gasteiger partial charge in [-0.3, -0.25) is 0 Å². The van der Waals surface area contributed by atoms with E-state index in [1.165, 1.54) is 12.3 Å². The topological polar surface area (TPSA) is 76.5 Å². The maximum Gasteiger partial charge on any atom is 0.374 e. The van der Waals surface area contributed by atoms with Crippen LogP contribution < -0.4 is 0 Å². The van der Waals surface area contributed by atoms with Crippen molar-refractivity contribution >= 4 is 5.97 Å². The Morgan fingerprint density at radius 3 is 2.86 bits per heavy atom. The minimum absolute atomic E-state index is 0.180. The number of carboxylic acid groups (broad SMARTS) is 1. The number of carboxylic acids is 1. The summed E-state index contributed by atoms with van der Waals surface area (Å²) in [5.41, 5.74) is 1.20. The largest absolute Gasteiger partial charge is 0.475 e. The van der Waals surface area contributed by atoms with E-state index in [4.69, 9.17) is 9.52 Å². The first-order valence-corrected chi connectivity index (χ1v) is 3.93. The van der Waals surface area contributed by atoms with Crippen LogP contribution in [-0.2, 0) is 0 Å². The van der Waals surface area contributed by atoms with Gasteiger partial charge < -0.3 is 14.0 Å². The smallest absolute Gasteiger partial charge is 0.374 e. The molecule has 0 spiro atoms. The highest BCUT2D eigenvalue weighted by molar-refractivity contribution is 5.85. The van der Waals surface area contributed by atoms with Crippen LogP contribution in [0.4, 0.5) is 0 Å². The van der Waals surface area contributed by atoms with Crippen LogP contribution in [0.25, 0.3) is 11.3 Å². The summed E-state index contributed by atoms with van der Waals surface area (Å²) in [7, 11) is 0. The second kappa shape index (κ2) is 3.02. The van der Waals surface area contributed by atoms with Crippen LogP contribution in [0.2, 0.25) is 0 Å². The van der Waals surface area contributed by atoms with Crippen LogP contribution in [0.15, 0.2) is 27.3 Å². The van der Waals surface area contributed by atoms with Gasteiger partial charge in [0.25, 0.3) is 0 Å². The molecule has 0 aliphatic rings. The molecule has 0 aliphatic carbocycles. The third-order valence-corrected chi connectivity index (χ3v) is 1.86. The third-order valence-electron chi connectivity index (χ3n) is 1.86. The van der Waals surface area contributed by atoms with Gasteiger partial charge in [-0.1, -0.05) is 5.16 Å². The van der Waals surface area contributed by atoms with Crippen molar-refractivity contribution in [1.29, 1.82) is 0 Å². The zero-order valence-electron chi connectivity index (χ0n) is 7.35. The predicted octanol–water partition coefficient (Wildman–Crippen LogP) is 1.94. The molecule has 0 saturated heterocycles. The molecule has 2 aromatic heterocycles. The number of rotatable bonds is 2. The molecule has 0 fully saturated rings. The van der Waals surface area contributed by atoms with Gasteiger partial charge in [-0.05, 0) is 13.0 Å². The van der Waals surface area contributed by atoms with E-state index < -0.39 is 5.97 Å². The summed E-state index contributed by atoms with van der Waals surface area (Å²) in [6, 6.07) is 3.07. The summed E-state index contributed by atoms with van der Waals surface area (Å²) in [6.07, 6.45) is 1.51. The number of furan rings is 1. The Kier molecular flexibility index (Phi) is 1.85. The van der Waals surface area contributed by atoms with Crippen molar-refractivity contribution in [3.8, 4) is 11.3 Å². The molecule has 1 N–H and O–H groups in total. The highest BCUT2D eigenvalue weighted by Crippen LogP contribution is 2.23. The summed E-state index contributed by atoms with van der Waals surface area (Å²) >= 11 is 0. The molecule has 2 rings (SSSR count). The summed E-state index contributed by atoms with van der Waals surface area (Å²) in [5.74, 6) is -0.638. The lowest BCUT2D eigenvalue weighted by Gasteiger charge is -1.88. The van der Waals surface area contributed by atoms with Gasteiger partial charge in [0.15, 0.2) is 0 Å². The predicted molar refractivity (Wildman–Crippen MR) is 45.9 cm³/mol. The van der Waals surface area contributed by atoms with Crippen LogP contribution in [0.5, 0.6) is 0 Å². The number of nitrogens with zero attached hydrogens (tertiary/aromatic N) is 1. The Bertz CT molecular complexity index is 469. The van der Waals surface area contributed by atoms with E-state index >= 15 is 0 Å². The Morgan fingerprint density at radius 2 is 2.36 bits per heavy atom. The number of hydrogen-bond acceptors (Lipinski definition) is 4. The Labute approximate surface area is 78.9 Å². The van der Waals surface area contributed by atoms with Crippen molar-refractivity contribution in [1.82, 2.24) is 5.16 Å². The maximum atomic E-state index is 10.5. The van der Waals surface area contributed by atoms with E-state index in [9.17, 15) is 4.79 Å². The van der Waals surface area contributed by atoms with Crippen molar-refractivity contribution in [3.05, 3.63) is 29.9 Å². The van der Waals surface area contributed by atoms with Crippen LogP contribution >= 0.6 is 0 Å². The molecule has 0 aromatic carbocycles. The molecule has 0 bridgehead atoms. The van der Waals surface area contributed by atoms with Gasteiger partial charge in [-0.15, -0.1) is 0 Å². The monoisotopic (exact) mass is 193 g/mol. The molecule has 0 radical (unpaired) electrons. The lowest BCUT2D eigenvalue weighted by molar-refractivity contribution is 0.0652. The molecule has 14 heavy (non-hydrogen) atoms. The van der Waals surface area contributed by atoms with E-state index in [-0.39, 0.29) is 5.76 Å². The maximum absolute atomic E-state index is 10.5. The molecule has 0 aliphatic heterocycles. The van der Waals surface area contributed by atoms with Crippen LogP contribution in [0.3, 0.4) is 0 Å². The van der Waals surface area contributed by atoms with Gasteiger partial charge in [0.1, 0.15) is 11.5 Å². The average Bonchev–Trinajstić information content (AvgIpc) is 2.71. The average molecular weight is 193 g/mol. The number of aromatic nitrogens is 1. The molecule has 2 heterocycles. The number of aryl methyl sites for hydroxylation is 1. The standard InChI is InChI=1S/C9H7NO4/c1-5-6(2-3-13-5)7-4-8(9(11)12)14-10-7/h2-4H,1H3,(H,11,12). The Balaban J connectivity index is 2.43. The van der Waals surface area contributed by atoms with E-state index in [0.717, 1.165) is 5.56 Å². The zero-order valence-corrected chi connectivity index (χ0v) is 7.35. The Hall–Kier alpha value is -2.04. The first kappa shape index (κ1) is 8.55. The first-order chi connectivity index (χ1) is 6.68. The molecule has 0 saturated carbocycles. The number of carbonyl (C=O) groups is 1. The molecule has 5 nitrogen and oxygen atoms in total. The summed E-state index contributed by atoms with van der Waals surface area (Å²) in [4.78, 5) is 10.5. The summed E-state index contributed by atoms with van der Waals surface area (Å²) in [5, 5.41) is 12.2. The third kappa shape index (κ3) is 1.28. The van der Waals surface area contributed by atoms with Crippen LogP contribution in [0.1, 0.15) is 16.3 Å². The molecule has 2 aromatic rings. The van der Waals surface area contributed by atoms with Gasteiger partial charge in [0.05, 0.1) is 6.26 Å². The first-order valence-electron chi connectivity index (χ1n) is 3.93. The highest BCUT2D eigenvalue weighted by atomic mass is 16.5. The number of hydrogen-bond donors (Lipinski definition) is 1. The molecule has 0 amide bonds. The van der Waals surface area contributed by atoms with Gasteiger partial charge in [0, 0.05) is 11.6 Å². The normalized spacial score (nSPS) is 10.4. The SMILES string of the molecule is Cc1occc1-c1cc(C(=O)O)on1. The van der Waals surface area contributed by atoms with E-state index in [1.54, 1.807) is 13.0 Å². The van der Waals surface area contributed by atoms with Crippen molar-refractivity contribution in [3.63, 3.8) is 0 Å². The fraction of sp³-hybridized carbons (Fsp3) is 0.111. The van der Waals surface area contributed by atoms with E-state index in [2.05, 4.69) is 9.68 Å². The molecule has 5 heteroatoms. The quantitative estimate of drug-likeness (QED) is 0.788. The van der Waals surface area contributed by atoms with E-state index in [1.807, 2.05) is 0 Å². The molecule has 0 atom stereocenters. The minimum Gasteiger partial charge on any atom is -0.475 e. The highest BCUT2D eigenvalue weighted by Gasteiger charge is 2.14. The lowest BCUT2D eigenvalue weighted by atomic mass is 10.2. The second-order valence-corrected chi connectivity index (χ2v) is 2.77. The van der Waals surface area contributed by atoms with Gasteiger partial charge in [0.2, 0.25) is 5.76 Å². The van der Waals surface area contributed by atoms with Gasteiger partial charge in [-0.25, -0.2) is 4.79 Å². The summed E-state index contributed by atoms with van der Waals surface area (Å²) in [6.45, 7) is 1.77. The fourth-order valence-corrected chi connectivity index (χ4v) is 1.15. The lowest BCUT2D eigenvalue weighted by Crippen LogP contribution is -1.91. The molecular formula is C9H7NO4.